The molecule has 10 heteroatoms. The van der Waals surface area contributed by atoms with Crippen LogP contribution in [0, 0.1) is 0 Å². The highest BCUT2D eigenvalue weighted by molar-refractivity contribution is 9.10. The van der Waals surface area contributed by atoms with Crippen molar-refractivity contribution >= 4 is 38.9 Å². The van der Waals surface area contributed by atoms with Crippen molar-refractivity contribution in [3.05, 3.63) is 97.4 Å². The van der Waals surface area contributed by atoms with E-state index in [2.05, 4.69) is 21.0 Å². The van der Waals surface area contributed by atoms with Gasteiger partial charge in [-0.2, -0.15) is 10.2 Å². The van der Waals surface area contributed by atoms with E-state index in [-0.39, 0.29) is 24.1 Å². The molecule has 0 bridgehead atoms. The molecule has 0 saturated heterocycles. The summed E-state index contributed by atoms with van der Waals surface area (Å²) in [5.74, 6) is 0.825. The average molecular weight is 579 g/mol. The first kappa shape index (κ1) is 24.9. The summed E-state index contributed by atoms with van der Waals surface area (Å²) in [6, 6.07) is 19.8. The monoisotopic (exact) mass is 578 g/mol. The molecule has 3 heterocycles. The number of ether oxygens (including phenoxy) is 2. The molecule has 1 aliphatic heterocycles. The number of carbonyl (C=O) groups is 1. The third-order valence-corrected chi connectivity index (χ3v) is 7.45. The fourth-order valence-electron chi connectivity index (χ4n) is 4.22. The van der Waals surface area contributed by atoms with Crippen molar-refractivity contribution in [3.63, 3.8) is 0 Å². The molecule has 0 aliphatic carbocycles. The molecule has 1 aliphatic rings. The molecule has 0 N–H and O–H groups in total. The Morgan fingerprint density at radius 2 is 1.89 bits per heavy atom. The summed E-state index contributed by atoms with van der Waals surface area (Å²) in [5, 5.41) is 12.6. The topological polar surface area (TPSA) is 86.0 Å². The zero-order chi connectivity index (χ0) is 25.9. The lowest BCUT2D eigenvalue weighted by Crippen LogP contribution is -2.35. The van der Waals surface area contributed by atoms with Crippen LogP contribution in [-0.4, -0.2) is 40.6 Å². The highest BCUT2D eigenvalue weighted by Crippen LogP contribution is 2.38. The number of hydrogen-bond donors (Lipinski definition) is 0. The Morgan fingerprint density at radius 3 is 2.62 bits per heavy atom. The number of hydrazone groups is 1. The fourth-order valence-corrected chi connectivity index (χ4v) is 5.34. The van der Waals surface area contributed by atoms with E-state index in [0.29, 0.717) is 23.6 Å². The van der Waals surface area contributed by atoms with Crippen molar-refractivity contribution < 1.29 is 14.3 Å². The predicted molar refractivity (Wildman–Crippen MR) is 146 cm³/mol. The number of hydrogen-bond acceptors (Lipinski definition) is 7. The largest absolute Gasteiger partial charge is 0.493 e. The molecule has 1 amide bonds. The van der Waals surface area contributed by atoms with E-state index in [1.165, 1.54) is 15.8 Å². The zero-order valence-electron chi connectivity index (χ0n) is 20.1. The van der Waals surface area contributed by atoms with Gasteiger partial charge in [0, 0.05) is 22.5 Å². The van der Waals surface area contributed by atoms with E-state index in [0.717, 1.165) is 26.2 Å². The molecule has 5 rings (SSSR count). The average Bonchev–Trinajstić information content (AvgIpc) is 3.60. The first-order valence-electron chi connectivity index (χ1n) is 11.5. The third-order valence-electron chi connectivity index (χ3n) is 6.04. The summed E-state index contributed by atoms with van der Waals surface area (Å²) >= 11 is 5.03. The second-order valence-corrected chi connectivity index (χ2v) is 10.2. The van der Waals surface area contributed by atoms with Gasteiger partial charge in [0.1, 0.15) is 6.54 Å². The second kappa shape index (κ2) is 10.7. The second-order valence-electron chi connectivity index (χ2n) is 8.32. The van der Waals surface area contributed by atoms with E-state index in [4.69, 9.17) is 14.6 Å². The van der Waals surface area contributed by atoms with Crippen LogP contribution < -0.4 is 15.0 Å². The third kappa shape index (κ3) is 5.21. The zero-order valence-corrected chi connectivity index (χ0v) is 22.5. The van der Waals surface area contributed by atoms with Gasteiger partial charge in [0.15, 0.2) is 11.5 Å². The van der Waals surface area contributed by atoms with Crippen LogP contribution in [0.4, 0.5) is 0 Å². The van der Waals surface area contributed by atoms with Gasteiger partial charge < -0.3 is 9.47 Å². The summed E-state index contributed by atoms with van der Waals surface area (Å²) in [7, 11) is 3.15. The van der Waals surface area contributed by atoms with E-state index < -0.39 is 0 Å². The first-order valence-corrected chi connectivity index (χ1v) is 13.1. The SMILES string of the molecule is COc1ccc(C2CC(c3cccs3)=NN2C(=O)Cn2nc(-c3cccc(Br)c3)ccc2=O)cc1OC. The van der Waals surface area contributed by atoms with Gasteiger partial charge in [-0.05, 0) is 47.3 Å². The highest BCUT2D eigenvalue weighted by atomic mass is 79.9. The van der Waals surface area contributed by atoms with Crippen LogP contribution >= 0.6 is 27.3 Å². The lowest BCUT2D eigenvalue weighted by atomic mass is 10.0. The molecule has 0 spiro atoms. The molecule has 2 aromatic carbocycles. The number of benzene rings is 2. The molecular formula is C27H23BrN4O4S. The summed E-state index contributed by atoms with van der Waals surface area (Å²) in [6.07, 6.45) is 0.530. The van der Waals surface area contributed by atoms with Gasteiger partial charge in [-0.25, -0.2) is 9.69 Å². The van der Waals surface area contributed by atoms with Crippen molar-refractivity contribution in [2.75, 3.05) is 14.2 Å². The Kier molecular flexibility index (Phi) is 7.20. The number of methoxy groups -OCH3 is 2. The summed E-state index contributed by atoms with van der Waals surface area (Å²) in [6.45, 7) is -0.244. The normalized spacial score (nSPS) is 14.9. The lowest BCUT2D eigenvalue weighted by molar-refractivity contribution is -0.133. The van der Waals surface area contributed by atoms with Crippen molar-refractivity contribution in [1.29, 1.82) is 0 Å². The van der Waals surface area contributed by atoms with E-state index in [1.54, 1.807) is 31.6 Å². The Labute approximate surface area is 225 Å². The molecule has 1 atom stereocenters. The Balaban J connectivity index is 1.48. The van der Waals surface area contributed by atoms with Gasteiger partial charge in [-0.1, -0.05) is 40.2 Å². The number of nitrogens with zero attached hydrogens (tertiary/aromatic N) is 4. The van der Waals surface area contributed by atoms with Crippen molar-refractivity contribution in [2.45, 2.75) is 19.0 Å². The van der Waals surface area contributed by atoms with Gasteiger partial charge in [0.2, 0.25) is 0 Å². The molecule has 0 radical (unpaired) electrons. The minimum Gasteiger partial charge on any atom is -0.493 e. The molecule has 2 aromatic heterocycles. The molecule has 8 nitrogen and oxygen atoms in total. The van der Waals surface area contributed by atoms with Crippen molar-refractivity contribution in [2.24, 2.45) is 5.10 Å². The number of thiophene rings is 1. The maximum absolute atomic E-state index is 13.6. The molecule has 1 unspecified atom stereocenters. The maximum atomic E-state index is 13.6. The summed E-state index contributed by atoms with van der Waals surface area (Å²) in [4.78, 5) is 27.2. The molecule has 0 fully saturated rings. The van der Waals surface area contributed by atoms with Crippen molar-refractivity contribution in [1.82, 2.24) is 14.8 Å². The smallest absolute Gasteiger partial charge is 0.267 e. The molecule has 188 valence electrons. The standard InChI is InChI=1S/C27H23BrN4O4S/c1-35-23-10-8-18(14-24(23)36-2)22-15-21(25-7-4-12-37-25)30-32(22)27(34)16-31-26(33)11-9-20(29-31)17-5-3-6-19(28)13-17/h3-14,22H,15-16H2,1-2H3. The van der Waals surface area contributed by atoms with Crippen LogP contribution in [0.2, 0.25) is 0 Å². The molecular weight excluding hydrogens is 556 g/mol. The van der Waals surface area contributed by atoms with Gasteiger partial charge in [-0.3, -0.25) is 9.59 Å². The van der Waals surface area contributed by atoms with Gasteiger partial charge in [0.25, 0.3) is 11.5 Å². The van der Waals surface area contributed by atoms with Gasteiger partial charge >= 0.3 is 0 Å². The van der Waals surface area contributed by atoms with Crippen LogP contribution in [0.15, 0.2) is 86.5 Å². The van der Waals surface area contributed by atoms with Crippen LogP contribution in [-0.2, 0) is 11.3 Å². The predicted octanol–water partition coefficient (Wildman–Crippen LogP) is 5.13. The number of rotatable bonds is 7. The van der Waals surface area contributed by atoms with Crippen LogP contribution in [0.5, 0.6) is 11.5 Å². The van der Waals surface area contributed by atoms with Crippen LogP contribution in [0.3, 0.4) is 0 Å². The van der Waals surface area contributed by atoms with E-state index >= 15 is 0 Å². The molecule has 37 heavy (non-hydrogen) atoms. The first-order chi connectivity index (χ1) is 18.0. The van der Waals surface area contributed by atoms with Gasteiger partial charge in [-0.15, -0.1) is 11.3 Å². The lowest BCUT2D eigenvalue weighted by Gasteiger charge is -2.23. The van der Waals surface area contributed by atoms with Crippen LogP contribution in [0.25, 0.3) is 11.3 Å². The van der Waals surface area contributed by atoms with Crippen LogP contribution in [0.1, 0.15) is 22.9 Å². The highest BCUT2D eigenvalue weighted by Gasteiger charge is 2.34. The van der Waals surface area contributed by atoms with Gasteiger partial charge in [0.05, 0.1) is 36.5 Å². The number of halogens is 1. The summed E-state index contributed by atoms with van der Waals surface area (Å²) < 4.78 is 12.9. The summed E-state index contributed by atoms with van der Waals surface area (Å²) in [5.41, 5.74) is 2.72. The molecule has 4 aromatic rings. The van der Waals surface area contributed by atoms with Crippen molar-refractivity contribution in [3.8, 4) is 22.8 Å². The number of amides is 1. The Bertz CT molecular complexity index is 1530. The Hall–Kier alpha value is -3.76. The minimum atomic E-state index is -0.367. The quantitative estimate of drug-likeness (QED) is 0.303. The van der Waals surface area contributed by atoms with E-state index in [1.807, 2.05) is 60.0 Å². The van der Waals surface area contributed by atoms with E-state index in [9.17, 15) is 9.59 Å². The number of aromatic nitrogens is 2. The fraction of sp³-hybridized carbons (Fsp3) is 0.185. The molecule has 0 saturated carbocycles. The number of carbonyl (C=O) groups excluding carboxylic acids is 1. The Morgan fingerprint density at radius 1 is 1.05 bits per heavy atom. The maximum Gasteiger partial charge on any atom is 0.267 e. The minimum absolute atomic E-state index is 0.244.